The molecule has 2 aliphatic heterocycles. The quantitative estimate of drug-likeness (QED) is 0.437. The number of fused-ring (bicyclic) bond motifs is 1. The number of hydrogen-bond acceptors (Lipinski definition) is 7. The van der Waals surface area contributed by atoms with E-state index in [4.69, 9.17) is 32.7 Å². The molecular formula is C23H22Cl2FN5O3. The summed E-state index contributed by atoms with van der Waals surface area (Å²) in [6.45, 7) is 7.51. The Balaban J connectivity index is 1.37. The van der Waals surface area contributed by atoms with Crippen LogP contribution in [-0.4, -0.2) is 56.7 Å². The Morgan fingerprint density at radius 1 is 1.15 bits per heavy atom. The molecule has 1 spiro atoms. The number of likely N-dealkylation sites (tertiary alicyclic amines) is 1. The first kappa shape index (κ1) is 22.9. The lowest BCUT2D eigenvalue weighted by molar-refractivity contribution is -0.0562. The van der Waals surface area contributed by atoms with Gasteiger partial charge >= 0.3 is 6.09 Å². The monoisotopic (exact) mass is 505 g/mol. The van der Waals surface area contributed by atoms with Gasteiger partial charge in [-0.1, -0.05) is 23.2 Å². The highest BCUT2D eigenvalue weighted by molar-refractivity contribution is 6.42. The highest BCUT2D eigenvalue weighted by Gasteiger charge is 2.56. The second-order valence-corrected chi connectivity index (χ2v) is 10.2. The van der Waals surface area contributed by atoms with Gasteiger partial charge in [0.05, 0.1) is 21.1 Å². The van der Waals surface area contributed by atoms with E-state index < -0.39 is 11.4 Å². The fourth-order valence-electron chi connectivity index (χ4n) is 4.15. The molecule has 3 aromatic rings. The van der Waals surface area contributed by atoms with Crippen molar-refractivity contribution < 1.29 is 18.7 Å². The van der Waals surface area contributed by atoms with E-state index in [1.807, 2.05) is 26.8 Å². The average molecular weight is 506 g/mol. The lowest BCUT2D eigenvalue weighted by Gasteiger charge is -2.62. The second-order valence-electron chi connectivity index (χ2n) is 9.45. The van der Waals surface area contributed by atoms with E-state index >= 15 is 0 Å². The Morgan fingerprint density at radius 2 is 1.91 bits per heavy atom. The molecule has 0 N–H and O–H groups in total. The number of ether oxygens (including phenoxy) is 2. The lowest BCUT2D eigenvalue weighted by Crippen LogP contribution is -2.78. The van der Waals surface area contributed by atoms with Crippen LogP contribution in [0.3, 0.4) is 0 Å². The Labute approximate surface area is 205 Å². The van der Waals surface area contributed by atoms with Crippen molar-refractivity contribution in [3.63, 3.8) is 0 Å². The molecule has 5 rings (SSSR count). The van der Waals surface area contributed by atoms with Gasteiger partial charge in [0.1, 0.15) is 17.7 Å². The van der Waals surface area contributed by atoms with E-state index in [1.165, 1.54) is 18.5 Å². The Morgan fingerprint density at radius 3 is 2.59 bits per heavy atom. The van der Waals surface area contributed by atoms with Gasteiger partial charge in [0.15, 0.2) is 17.1 Å². The average Bonchev–Trinajstić information content (AvgIpc) is 2.71. The number of halogens is 3. The molecule has 34 heavy (non-hydrogen) atoms. The van der Waals surface area contributed by atoms with Gasteiger partial charge in [-0.2, -0.15) is 4.98 Å². The van der Waals surface area contributed by atoms with Crippen LogP contribution < -0.4 is 9.64 Å². The molecule has 0 atom stereocenters. The van der Waals surface area contributed by atoms with Crippen LogP contribution in [0.15, 0.2) is 30.6 Å². The summed E-state index contributed by atoms with van der Waals surface area (Å²) in [5, 5.41) is -0.144. The van der Waals surface area contributed by atoms with Gasteiger partial charge in [-0.25, -0.2) is 19.2 Å². The minimum Gasteiger partial charge on any atom is -0.444 e. The largest absolute Gasteiger partial charge is 0.444 e. The first-order chi connectivity index (χ1) is 16.1. The van der Waals surface area contributed by atoms with E-state index in [1.54, 1.807) is 11.0 Å². The van der Waals surface area contributed by atoms with Crippen molar-refractivity contribution in [1.29, 1.82) is 0 Å². The maximum atomic E-state index is 14.5. The summed E-state index contributed by atoms with van der Waals surface area (Å²) in [4.78, 5) is 29.4. The molecule has 0 unspecified atom stereocenters. The molecule has 1 amide bonds. The standard InChI is InChI=1S/C23H22Cl2FN5O3/c1-22(2,3)34-21(32)31-9-8-23(31)10-30(11-23)16-7-5-14-19(29-16)20(28-12-27-14)33-15-6-4-13(24)17(25)18(15)26/h4-7,12H,8-11H2,1-3H3. The molecule has 0 bridgehead atoms. The fourth-order valence-corrected chi connectivity index (χ4v) is 4.45. The van der Waals surface area contributed by atoms with Crippen molar-refractivity contribution in [2.45, 2.75) is 38.3 Å². The smallest absolute Gasteiger partial charge is 0.410 e. The number of amides is 1. The summed E-state index contributed by atoms with van der Waals surface area (Å²) < 4.78 is 25.7. The molecule has 8 nitrogen and oxygen atoms in total. The predicted octanol–water partition coefficient (Wildman–Crippen LogP) is 5.46. The maximum Gasteiger partial charge on any atom is 0.410 e. The summed E-state index contributed by atoms with van der Waals surface area (Å²) in [7, 11) is 0. The van der Waals surface area contributed by atoms with Gasteiger partial charge in [0.2, 0.25) is 5.88 Å². The van der Waals surface area contributed by atoms with E-state index in [9.17, 15) is 9.18 Å². The summed E-state index contributed by atoms with van der Waals surface area (Å²) in [5.74, 6) is -0.122. The number of anilines is 1. The number of carbonyl (C=O) groups is 1. The van der Waals surface area contributed by atoms with Crippen LogP contribution in [-0.2, 0) is 4.74 Å². The van der Waals surface area contributed by atoms with Crippen molar-refractivity contribution in [3.05, 3.63) is 46.5 Å². The lowest BCUT2D eigenvalue weighted by atomic mass is 9.78. The maximum absolute atomic E-state index is 14.5. The molecule has 2 fully saturated rings. The highest BCUT2D eigenvalue weighted by Crippen LogP contribution is 2.42. The zero-order valence-electron chi connectivity index (χ0n) is 18.8. The van der Waals surface area contributed by atoms with Crippen LogP contribution in [0.25, 0.3) is 11.0 Å². The van der Waals surface area contributed by atoms with Crippen molar-refractivity contribution in [2.75, 3.05) is 24.5 Å². The number of hydrogen-bond donors (Lipinski definition) is 0. The first-order valence-electron chi connectivity index (χ1n) is 10.7. The Bertz CT molecular complexity index is 1290. The molecule has 2 aliphatic rings. The first-order valence-corrected chi connectivity index (χ1v) is 11.5. The number of carbonyl (C=O) groups excluding carboxylic acids is 1. The number of rotatable bonds is 3. The van der Waals surface area contributed by atoms with Crippen LogP contribution in [0.5, 0.6) is 11.6 Å². The summed E-state index contributed by atoms with van der Waals surface area (Å²) >= 11 is 11.8. The summed E-state index contributed by atoms with van der Waals surface area (Å²) in [6, 6.07) is 6.47. The molecule has 0 saturated carbocycles. The molecule has 178 valence electrons. The zero-order chi connectivity index (χ0) is 24.3. The van der Waals surface area contributed by atoms with Gasteiger partial charge in [0, 0.05) is 19.6 Å². The van der Waals surface area contributed by atoms with Crippen LogP contribution in [0, 0.1) is 5.82 Å². The normalized spacial score (nSPS) is 16.9. The van der Waals surface area contributed by atoms with E-state index in [0.717, 1.165) is 6.42 Å². The Hall–Kier alpha value is -2.91. The van der Waals surface area contributed by atoms with Crippen LogP contribution in [0.4, 0.5) is 15.0 Å². The molecule has 0 radical (unpaired) electrons. The molecule has 0 aliphatic carbocycles. The fraction of sp³-hybridized carbons (Fsp3) is 0.391. The predicted molar refractivity (Wildman–Crippen MR) is 126 cm³/mol. The highest BCUT2D eigenvalue weighted by atomic mass is 35.5. The number of nitrogens with zero attached hydrogens (tertiary/aromatic N) is 5. The van der Waals surface area contributed by atoms with Gasteiger partial charge in [0.25, 0.3) is 0 Å². The van der Waals surface area contributed by atoms with Crippen molar-refractivity contribution in [2.24, 2.45) is 0 Å². The third kappa shape index (κ3) is 3.96. The zero-order valence-corrected chi connectivity index (χ0v) is 20.3. The molecular weight excluding hydrogens is 484 g/mol. The van der Waals surface area contributed by atoms with Gasteiger partial charge in [-0.05, 0) is 51.5 Å². The Kier molecular flexibility index (Phi) is 5.44. The molecule has 4 heterocycles. The molecule has 11 heteroatoms. The summed E-state index contributed by atoms with van der Waals surface area (Å²) in [5.41, 5.74) is 0.142. The van der Waals surface area contributed by atoms with E-state index in [2.05, 4.69) is 19.9 Å². The third-order valence-electron chi connectivity index (χ3n) is 5.92. The molecule has 2 saturated heterocycles. The third-order valence-corrected chi connectivity index (χ3v) is 6.70. The second kappa shape index (κ2) is 8.09. The van der Waals surface area contributed by atoms with Crippen LogP contribution in [0.1, 0.15) is 27.2 Å². The SMILES string of the molecule is CC(C)(C)OC(=O)N1CCC12CN(c1ccc3ncnc(Oc4ccc(Cl)c(Cl)c4F)c3n1)C2. The number of benzene rings is 1. The van der Waals surface area contributed by atoms with Crippen molar-refractivity contribution >= 4 is 46.1 Å². The molecule has 2 aromatic heterocycles. The van der Waals surface area contributed by atoms with Gasteiger partial charge < -0.3 is 14.4 Å². The van der Waals surface area contributed by atoms with Crippen LogP contribution in [0.2, 0.25) is 10.0 Å². The number of pyridine rings is 1. The van der Waals surface area contributed by atoms with Crippen LogP contribution >= 0.6 is 23.2 Å². The van der Waals surface area contributed by atoms with E-state index in [0.29, 0.717) is 36.5 Å². The van der Waals surface area contributed by atoms with E-state index in [-0.39, 0.29) is 33.3 Å². The summed E-state index contributed by atoms with van der Waals surface area (Å²) in [6.07, 6.45) is 1.93. The topological polar surface area (TPSA) is 80.7 Å². The number of aromatic nitrogens is 3. The molecule has 1 aromatic carbocycles. The van der Waals surface area contributed by atoms with Crippen molar-refractivity contribution in [3.8, 4) is 11.6 Å². The van der Waals surface area contributed by atoms with Gasteiger partial charge in [-0.15, -0.1) is 0 Å². The van der Waals surface area contributed by atoms with Gasteiger partial charge in [-0.3, -0.25) is 4.90 Å². The minimum absolute atomic E-state index is 0.0857. The van der Waals surface area contributed by atoms with Crippen molar-refractivity contribution in [1.82, 2.24) is 19.9 Å². The minimum atomic E-state index is -0.783.